The molecule has 3 aromatic rings. The van der Waals surface area contributed by atoms with E-state index in [1.807, 2.05) is 26.2 Å². The predicted octanol–water partition coefficient (Wildman–Crippen LogP) is 3.32. The minimum Gasteiger partial charge on any atom is -0.338 e. The predicted molar refractivity (Wildman–Crippen MR) is 104 cm³/mol. The van der Waals surface area contributed by atoms with Crippen LogP contribution in [0.2, 0.25) is 0 Å². The van der Waals surface area contributed by atoms with Gasteiger partial charge < -0.3 is 9.47 Å². The van der Waals surface area contributed by atoms with Crippen molar-refractivity contribution in [1.29, 1.82) is 0 Å². The second-order valence-electron chi connectivity index (χ2n) is 6.79. The fraction of sp³-hybridized carbons (Fsp3) is 0.500. The number of pyridine rings is 1. The zero-order chi connectivity index (χ0) is 18.0. The highest BCUT2D eigenvalue weighted by molar-refractivity contribution is 5.92. The molecule has 0 bridgehead atoms. The molecule has 0 spiro atoms. The van der Waals surface area contributed by atoms with Gasteiger partial charge in [0.2, 0.25) is 5.43 Å². The Balaban J connectivity index is 2.03. The fourth-order valence-corrected chi connectivity index (χ4v) is 3.65. The van der Waals surface area contributed by atoms with Gasteiger partial charge in [-0.2, -0.15) is 5.10 Å². The lowest BCUT2D eigenvalue weighted by Crippen LogP contribution is -2.26. The number of hydrogen-bond donors (Lipinski definition) is 0. The van der Waals surface area contributed by atoms with Crippen LogP contribution < -0.4 is 5.43 Å². The zero-order valence-electron chi connectivity index (χ0n) is 15.7. The third-order valence-electron chi connectivity index (χ3n) is 4.96. The molecule has 0 aliphatic carbocycles. The highest BCUT2D eigenvalue weighted by atomic mass is 16.1. The maximum absolute atomic E-state index is 12.9. The van der Waals surface area contributed by atoms with Crippen molar-refractivity contribution >= 4 is 21.9 Å². The van der Waals surface area contributed by atoms with Crippen molar-refractivity contribution in [2.24, 2.45) is 7.05 Å². The average molecular weight is 340 g/mol. The van der Waals surface area contributed by atoms with Crippen LogP contribution in [0.4, 0.5) is 0 Å². The number of rotatable bonds is 7. The molecule has 0 aliphatic rings. The van der Waals surface area contributed by atoms with Gasteiger partial charge in [0.15, 0.2) is 0 Å². The molecule has 134 valence electrons. The summed E-state index contributed by atoms with van der Waals surface area (Å²) in [5.74, 6) is 0. The van der Waals surface area contributed by atoms with E-state index in [9.17, 15) is 4.79 Å². The van der Waals surface area contributed by atoms with Crippen molar-refractivity contribution in [3.8, 4) is 0 Å². The molecule has 0 aliphatic heterocycles. The first-order valence-corrected chi connectivity index (χ1v) is 9.24. The van der Waals surface area contributed by atoms with Crippen LogP contribution in [0.3, 0.4) is 0 Å². The molecular formula is C20H28N4O. The van der Waals surface area contributed by atoms with E-state index in [0.717, 1.165) is 54.6 Å². The van der Waals surface area contributed by atoms with Crippen LogP contribution in [0.15, 0.2) is 29.2 Å². The summed E-state index contributed by atoms with van der Waals surface area (Å²) in [6.45, 7) is 10.7. The van der Waals surface area contributed by atoms with Crippen LogP contribution >= 0.6 is 0 Å². The highest BCUT2D eigenvalue weighted by Crippen LogP contribution is 2.20. The van der Waals surface area contributed by atoms with Gasteiger partial charge in [-0.1, -0.05) is 25.5 Å². The third-order valence-corrected chi connectivity index (χ3v) is 4.96. The SMILES string of the molecule is CCCN(CC)CCCn1c2ccc(C)cc2c(=O)c2c1cnn2C. The molecule has 0 saturated carbocycles. The average Bonchev–Trinajstić information content (AvgIpc) is 2.99. The molecular weight excluding hydrogens is 312 g/mol. The van der Waals surface area contributed by atoms with E-state index in [1.165, 1.54) is 6.42 Å². The minimum atomic E-state index is 0.0751. The molecule has 2 heterocycles. The number of hydrogen-bond acceptors (Lipinski definition) is 3. The van der Waals surface area contributed by atoms with Crippen LogP contribution in [-0.2, 0) is 13.6 Å². The van der Waals surface area contributed by atoms with Crippen molar-refractivity contribution in [3.63, 3.8) is 0 Å². The van der Waals surface area contributed by atoms with E-state index in [2.05, 4.69) is 40.5 Å². The Bertz CT molecular complexity index is 938. The van der Waals surface area contributed by atoms with E-state index < -0.39 is 0 Å². The van der Waals surface area contributed by atoms with E-state index in [1.54, 1.807) is 4.68 Å². The molecule has 2 aromatic heterocycles. The van der Waals surface area contributed by atoms with Crippen molar-refractivity contribution < 1.29 is 0 Å². The van der Waals surface area contributed by atoms with Gasteiger partial charge in [0.1, 0.15) is 5.52 Å². The maximum Gasteiger partial charge on any atom is 0.215 e. The largest absolute Gasteiger partial charge is 0.338 e. The quantitative estimate of drug-likeness (QED) is 0.663. The summed E-state index contributed by atoms with van der Waals surface area (Å²) in [6.07, 6.45) is 4.06. The van der Waals surface area contributed by atoms with Gasteiger partial charge in [-0.3, -0.25) is 9.48 Å². The Morgan fingerprint density at radius 1 is 1.16 bits per heavy atom. The molecule has 0 N–H and O–H groups in total. The number of benzene rings is 1. The molecule has 0 amide bonds. The first-order chi connectivity index (χ1) is 12.1. The third kappa shape index (κ3) is 3.33. The molecule has 0 unspecified atom stereocenters. The molecule has 5 nitrogen and oxygen atoms in total. The molecule has 1 aromatic carbocycles. The van der Waals surface area contributed by atoms with Crippen LogP contribution in [0.5, 0.6) is 0 Å². The summed E-state index contributed by atoms with van der Waals surface area (Å²) in [4.78, 5) is 15.4. The molecule has 0 radical (unpaired) electrons. The van der Waals surface area contributed by atoms with Gasteiger partial charge >= 0.3 is 0 Å². The summed E-state index contributed by atoms with van der Waals surface area (Å²) < 4.78 is 3.96. The van der Waals surface area contributed by atoms with Gasteiger partial charge in [-0.25, -0.2) is 0 Å². The first-order valence-electron chi connectivity index (χ1n) is 9.24. The Morgan fingerprint density at radius 3 is 2.68 bits per heavy atom. The Morgan fingerprint density at radius 2 is 1.96 bits per heavy atom. The second kappa shape index (κ2) is 7.40. The van der Waals surface area contributed by atoms with Crippen molar-refractivity contribution in [3.05, 3.63) is 40.2 Å². The topological polar surface area (TPSA) is 43.1 Å². The Labute approximate surface area is 148 Å². The van der Waals surface area contributed by atoms with Crippen molar-refractivity contribution in [2.75, 3.05) is 19.6 Å². The smallest absolute Gasteiger partial charge is 0.215 e. The van der Waals surface area contributed by atoms with Crippen molar-refractivity contribution in [2.45, 2.75) is 40.2 Å². The summed E-state index contributed by atoms with van der Waals surface area (Å²) in [5.41, 5.74) is 3.82. The minimum absolute atomic E-state index is 0.0751. The van der Waals surface area contributed by atoms with Crippen LogP contribution in [0, 0.1) is 6.92 Å². The molecule has 0 atom stereocenters. The van der Waals surface area contributed by atoms with E-state index >= 15 is 0 Å². The number of aryl methyl sites for hydroxylation is 3. The van der Waals surface area contributed by atoms with E-state index in [0.29, 0.717) is 5.52 Å². The lowest BCUT2D eigenvalue weighted by Gasteiger charge is -2.20. The Kier molecular flexibility index (Phi) is 5.23. The normalized spacial score (nSPS) is 11.9. The van der Waals surface area contributed by atoms with Crippen LogP contribution in [0.1, 0.15) is 32.3 Å². The molecule has 0 saturated heterocycles. The Hall–Kier alpha value is -2.14. The molecule has 25 heavy (non-hydrogen) atoms. The van der Waals surface area contributed by atoms with Gasteiger partial charge in [0.25, 0.3) is 0 Å². The maximum atomic E-state index is 12.9. The van der Waals surface area contributed by atoms with Crippen LogP contribution in [-0.4, -0.2) is 38.9 Å². The van der Waals surface area contributed by atoms with Gasteiger partial charge in [-0.05, 0) is 51.5 Å². The molecule has 0 fully saturated rings. The van der Waals surface area contributed by atoms with Gasteiger partial charge in [0, 0.05) is 19.0 Å². The summed E-state index contributed by atoms with van der Waals surface area (Å²) in [6, 6.07) is 6.15. The van der Waals surface area contributed by atoms with Crippen molar-refractivity contribution in [1.82, 2.24) is 19.2 Å². The molecule has 3 rings (SSSR count). The fourth-order valence-electron chi connectivity index (χ4n) is 3.65. The summed E-state index contributed by atoms with van der Waals surface area (Å²) >= 11 is 0. The van der Waals surface area contributed by atoms with Gasteiger partial charge in [0.05, 0.1) is 17.2 Å². The number of nitrogens with zero attached hydrogens (tertiary/aromatic N) is 4. The lowest BCUT2D eigenvalue weighted by molar-refractivity contribution is 0.280. The molecule has 5 heteroatoms. The number of aromatic nitrogens is 3. The highest BCUT2D eigenvalue weighted by Gasteiger charge is 2.14. The van der Waals surface area contributed by atoms with E-state index in [4.69, 9.17) is 0 Å². The standard InChI is InChI=1S/C20H28N4O/c1-5-10-23(6-2)11-7-12-24-17-9-8-15(3)13-16(17)20(25)19-18(24)14-21-22(19)4/h8-9,13-14H,5-7,10-12H2,1-4H3. The van der Waals surface area contributed by atoms with E-state index in [-0.39, 0.29) is 5.43 Å². The van der Waals surface area contributed by atoms with Gasteiger partial charge in [-0.15, -0.1) is 0 Å². The number of fused-ring (bicyclic) bond motifs is 2. The monoisotopic (exact) mass is 340 g/mol. The lowest BCUT2D eigenvalue weighted by atomic mass is 10.1. The first kappa shape index (κ1) is 17.7. The summed E-state index contributed by atoms with van der Waals surface area (Å²) in [7, 11) is 1.84. The van der Waals surface area contributed by atoms with Crippen LogP contribution in [0.25, 0.3) is 21.9 Å². The zero-order valence-corrected chi connectivity index (χ0v) is 15.7. The second-order valence-corrected chi connectivity index (χ2v) is 6.79. The summed E-state index contributed by atoms with van der Waals surface area (Å²) in [5, 5.41) is 5.13.